The molecule has 1 heterocycles. The molecule has 2 amide bonds. The van der Waals surface area contributed by atoms with Gasteiger partial charge in [-0.3, -0.25) is 0 Å². The quantitative estimate of drug-likeness (QED) is 0.873. The van der Waals surface area contributed by atoms with Crippen LogP contribution >= 0.6 is 0 Å². The first-order valence-corrected chi connectivity index (χ1v) is 5.81. The highest BCUT2D eigenvalue weighted by Gasteiger charge is 2.35. The first-order chi connectivity index (χ1) is 9.19. The van der Waals surface area contributed by atoms with Gasteiger partial charge in [-0.15, -0.1) is 0 Å². The van der Waals surface area contributed by atoms with Crippen molar-refractivity contribution in [2.24, 2.45) is 10.7 Å². The number of ether oxygens (including phenoxy) is 1. The van der Waals surface area contributed by atoms with Crippen LogP contribution in [0.3, 0.4) is 0 Å². The van der Waals surface area contributed by atoms with Gasteiger partial charge in [-0.25, -0.2) is 4.79 Å². The highest BCUT2D eigenvalue weighted by Crippen LogP contribution is 2.28. The Hall–Kier alpha value is -2.39. The molecule has 1 aliphatic rings. The van der Waals surface area contributed by atoms with Crippen molar-refractivity contribution in [3.63, 3.8) is 0 Å². The van der Waals surface area contributed by atoms with Crippen LogP contribution in [0.5, 0.6) is 0 Å². The number of urea groups is 1. The third-order valence-electron chi connectivity index (χ3n) is 2.97. The number of methoxy groups -OCH3 is 1. The van der Waals surface area contributed by atoms with Gasteiger partial charge in [0.05, 0.1) is 18.2 Å². The largest absolute Gasteiger partial charge is 0.385 e. The maximum Gasteiger partial charge on any atom is 0.346 e. The van der Waals surface area contributed by atoms with E-state index in [0.29, 0.717) is 24.3 Å². The van der Waals surface area contributed by atoms with Crippen molar-refractivity contribution in [1.82, 2.24) is 4.90 Å². The van der Waals surface area contributed by atoms with Gasteiger partial charge >= 0.3 is 6.03 Å². The summed E-state index contributed by atoms with van der Waals surface area (Å²) in [6.45, 7) is 0.768. The second kappa shape index (κ2) is 5.50. The average molecular weight is 258 g/mol. The Morgan fingerprint density at radius 2 is 2.26 bits per heavy atom. The minimum atomic E-state index is -0.488. The van der Waals surface area contributed by atoms with E-state index in [1.807, 2.05) is 0 Å². The van der Waals surface area contributed by atoms with Gasteiger partial charge in [0.25, 0.3) is 0 Å². The standard InChI is InChI=1S/C13H14N4O2/c1-19-7-6-17-11(12(15)16-13(17)18)10-5-3-2-4-9(10)8-14/h2-5,11H,6-7H2,1H3,(H2,15,16,18). The average Bonchev–Trinajstić information content (AvgIpc) is 2.70. The maximum absolute atomic E-state index is 11.8. The third-order valence-corrected chi connectivity index (χ3v) is 2.97. The molecule has 0 radical (unpaired) electrons. The molecule has 19 heavy (non-hydrogen) atoms. The predicted octanol–water partition coefficient (Wildman–Crippen LogP) is 1.04. The number of nitrogens with two attached hydrogens (primary N) is 1. The lowest BCUT2D eigenvalue weighted by Crippen LogP contribution is -2.36. The normalized spacial score (nSPS) is 18.3. The first-order valence-electron chi connectivity index (χ1n) is 5.81. The summed E-state index contributed by atoms with van der Waals surface area (Å²) in [5, 5.41) is 9.13. The second-order valence-corrected chi connectivity index (χ2v) is 4.11. The van der Waals surface area contributed by atoms with Crippen LogP contribution in [0.2, 0.25) is 0 Å². The second-order valence-electron chi connectivity index (χ2n) is 4.11. The Bertz CT molecular complexity index is 562. The Kier molecular flexibility index (Phi) is 3.78. The molecular weight excluding hydrogens is 244 g/mol. The summed E-state index contributed by atoms with van der Waals surface area (Å²) >= 11 is 0. The van der Waals surface area contributed by atoms with Crippen molar-refractivity contribution in [2.75, 3.05) is 20.3 Å². The lowest BCUT2D eigenvalue weighted by Gasteiger charge is -2.24. The molecule has 0 saturated heterocycles. The van der Waals surface area contributed by atoms with Crippen LogP contribution in [0, 0.1) is 11.3 Å². The molecule has 0 spiro atoms. The van der Waals surface area contributed by atoms with E-state index in [-0.39, 0.29) is 5.84 Å². The number of hydrogen-bond donors (Lipinski definition) is 1. The van der Waals surface area contributed by atoms with E-state index < -0.39 is 12.1 Å². The molecule has 0 saturated carbocycles. The molecule has 6 nitrogen and oxygen atoms in total. The molecule has 0 fully saturated rings. The monoisotopic (exact) mass is 258 g/mol. The van der Waals surface area contributed by atoms with Gasteiger partial charge in [0, 0.05) is 19.2 Å². The fourth-order valence-corrected chi connectivity index (χ4v) is 2.08. The van der Waals surface area contributed by atoms with Crippen molar-refractivity contribution in [3.8, 4) is 6.07 Å². The van der Waals surface area contributed by atoms with Crippen molar-refractivity contribution >= 4 is 11.9 Å². The molecule has 1 unspecified atom stereocenters. The van der Waals surface area contributed by atoms with Gasteiger partial charge in [0.1, 0.15) is 11.9 Å². The number of benzene rings is 1. The van der Waals surface area contributed by atoms with E-state index in [2.05, 4.69) is 11.1 Å². The lowest BCUT2D eigenvalue weighted by molar-refractivity contribution is 0.150. The van der Waals surface area contributed by atoms with E-state index in [1.54, 1.807) is 31.4 Å². The van der Waals surface area contributed by atoms with Gasteiger partial charge in [0.15, 0.2) is 0 Å². The summed E-state index contributed by atoms with van der Waals surface area (Å²) in [5.41, 5.74) is 7.00. The fourth-order valence-electron chi connectivity index (χ4n) is 2.08. The molecule has 0 aromatic heterocycles. The Balaban J connectivity index is 2.37. The molecule has 1 aromatic carbocycles. The van der Waals surface area contributed by atoms with Crippen molar-refractivity contribution in [2.45, 2.75) is 6.04 Å². The number of rotatable bonds is 4. The van der Waals surface area contributed by atoms with Gasteiger partial charge < -0.3 is 15.4 Å². The number of carbonyl (C=O) groups is 1. The number of amidine groups is 1. The van der Waals surface area contributed by atoms with E-state index >= 15 is 0 Å². The molecule has 2 N–H and O–H groups in total. The van der Waals surface area contributed by atoms with Crippen LogP contribution in [-0.2, 0) is 4.74 Å². The first kappa shape index (κ1) is 13.1. The Labute approximate surface area is 111 Å². The topological polar surface area (TPSA) is 91.7 Å². The third kappa shape index (κ3) is 2.41. The molecule has 2 rings (SSSR count). The van der Waals surface area contributed by atoms with Gasteiger partial charge in [-0.05, 0) is 6.07 Å². The van der Waals surface area contributed by atoms with Gasteiger partial charge in [-0.1, -0.05) is 18.2 Å². The summed E-state index contributed by atoms with van der Waals surface area (Å²) in [6.07, 6.45) is 0. The molecule has 0 aliphatic carbocycles. The number of nitrogens with zero attached hydrogens (tertiary/aromatic N) is 3. The summed E-state index contributed by atoms with van der Waals surface area (Å²) in [5.74, 6) is 0.212. The molecule has 0 bridgehead atoms. The number of hydrogen-bond acceptors (Lipinski definition) is 4. The molecule has 1 aromatic rings. The van der Waals surface area contributed by atoms with Crippen LogP contribution in [0.25, 0.3) is 0 Å². The van der Waals surface area contributed by atoms with Gasteiger partial charge in [-0.2, -0.15) is 10.3 Å². The highest BCUT2D eigenvalue weighted by atomic mass is 16.5. The van der Waals surface area contributed by atoms with Crippen LogP contribution in [0.1, 0.15) is 17.2 Å². The zero-order chi connectivity index (χ0) is 13.8. The molecule has 1 aliphatic heterocycles. The predicted molar refractivity (Wildman–Crippen MR) is 69.5 cm³/mol. The molecular formula is C13H14N4O2. The summed E-state index contributed by atoms with van der Waals surface area (Å²) in [7, 11) is 1.56. The summed E-state index contributed by atoms with van der Waals surface area (Å²) in [6, 6.07) is 8.27. The Morgan fingerprint density at radius 1 is 1.53 bits per heavy atom. The van der Waals surface area contributed by atoms with Crippen molar-refractivity contribution in [1.29, 1.82) is 5.26 Å². The molecule has 98 valence electrons. The smallest absolute Gasteiger partial charge is 0.346 e. The highest BCUT2D eigenvalue weighted by molar-refractivity contribution is 6.03. The number of carbonyl (C=O) groups excluding carboxylic acids is 1. The molecule has 1 atom stereocenters. The van der Waals surface area contributed by atoms with E-state index in [9.17, 15) is 4.79 Å². The SMILES string of the molecule is COCCN1C(=O)N=C(N)C1c1ccccc1C#N. The van der Waals surface area contributed by atoms with E-state index in [4.69, 9.17) is 15.7 Å². The number of amides is 2. The molecule has 6 heteroatoms. The van der Waals surface area contributed by atoms with Gasteiger partial charge in [0.2, 0.25) is 0 Å². The van der Waals surface area contributed by atoms with Crippen LogP contribution < -0.4 is 5.73 Å². The van der Waals surface area contributed by atoms with Crippen molar-refractivity contribution in [3.05, 3.63) is 35.4 Å². The van der Waals surface area contributed by atoms with Crippen LogP contribution in [0.15, 0.2) is 29.3 Å². The lowest BCUT2D eigenvalue weighted by atomic mass is 10.00. The van der Waals surface area contributed by atoms with Crippen LogP contribution in [-0.4, -0.2) is 37.0 Å². The zero-order valence-electron chi connectivity index (χ0n) is 10.5. The summed E-state index contributed by atoms with van der Waals surface area (Å²) < 4.78 is 4.98. The number of aliphatic imine (C=N–C) groups is 1. The zero-order valence-corrected chi connectivity index (χ0v) is 10.5. The van der Waals surface area contributed by atoms with Crippen molar-refractivity contribution < 1.29 is 9.53 Å². The fraction of sp³-hybridized carbons (Fsp3) is 0.308. The van der Waals surface area contributed by atoms with Crippen LogP contribution in [0.4, 0.5) is 4.79 Å². The maximum atomic E-state index is 11.8. The van der Waals surface area contributed by atoms with E-state index in [1.165, 1.54) is 4.90 Å². The summed E-state index contributed by atoms with van der Waals surface area (Å²) in [4.78, 5) is 17.1. The minimum Gasteiger partial charge on any atom is -0.385 e. The van der Waals surface area contributed by atoms with E-state index in [0.717, 1.165) is 0 Å². The number of nitriles is 1. The minimum absolute atomic E-state index is 0.212. The Morgan fingerprint density at radius 3 is 2.95 bits per heavy atom.